The van der Waals surface area contributed by atoms with E-state index in [9.17, 15) is 5.11 Å². The first kappa shape index (κ1) is 23.4. The lowest BCUT2D eigenvalue weighted by molar-refractivity contribution is 0.0616. The molecule has 3 N–H and O–H groups in total. The molecule has 0 bridgehead atoms. The molecule has 0 radical (unpaired) electrons. The molecule has 1 aliphatic heterocycles. The summed E-state index contributed by atoms with van der Waals surface area (Å²) in [5, 5.41) is 21.4. The van der Waals surface area contributed by atoms with Gasteiger partial charge in [0.25, 0.3) is 0 Å². The molecule has 0 amide bonds. The number of nitrogens with zero attached hydrogens (tertiary/aromatic N) is 5. The second kappa shape index (κ2) is 10.8. The smallest absolute Gasteiger partial charge is 0.191 e. The molecule has 1 aliphatic rings. The SMILES string of the molecule is CCNC(=NCc1ccnc(N2CCCC2)c1)NCC(C)(O)c1cnn(C)c1.I. The molecule has 2 aromatic heterocycles. The number of halogens is 1. The van der Waals surface area contributed by atoms with E-state index in [-0.39, 0.29) is 24.0 Å². The van der Waals surface area contributed by atoms with Crippen LogP contribution < -0.4 is 15.5 Å². The fourth-order valence-corrected chi connectivity index (χ4v) is 3.25. The van der Waals surface area contributed by atoms with Gasteiger partial charge in [0.1, 0.15) is 11.4 Å². The summed E-state index contributed by atoms with van der Waals surface area (Å²) in [5.74, 6) is 1.70. The minimum Gasteiger partial charge on any atom is -0.383 e. The molecule has 1 atom stereocenters. The van der Waals surface area contributed by atoms with E-state index in [2.05, 4.69) is 36.7 Å². The van der Waals surface area contributed by atoms with Gasteiger partial charge >= 0.3 is 0 Å². The van der Waals surface area contributed by atoms with Crippen molar-refractivity contribution in [1.82, 2.24) is 25.4 Å². The van der Waals surface area contributed by atoms with Gasteiger partial charge in [-0.15, -0.1) is 24.0 Å². The Morgan fingerprint density at radius 1 is 1.31 bits per heavy atom. The molecule has 1 unspecified atom stereocenters. The predicted molar refractivity (Wildman–Crippen MR) is 127 cm³/mol. The molecule has 29 heavy (non-hydrogen) atoms. The summed E-state index contributed by atoms with van der Waals surface area (Å²) in [6, 6.07) is 4.11. The lowest BCUT2D eigenvalue weighted by atomic mass is 10.00. The van der Waals surface area contributed by atoms with E-state index in [4.69, 9.17) is 0 Å². The van der Waals surface area contributed by atoms with Crippen LogP contribution in [-0.4, -0.2) is 52.0 Å². The zero-order valence-electron chi connectivity index (χ0n) is 17.4. The van der Waals surface area contributed by atoms with E-state index in [0.29, 0.717) is 19.0 Å². The zero-order chi connectivity index (χ0) is 20.0. The first-order valence-corrected chi connectivity index (χ1v) is 9.91. The van der Waals surface area contributed by atoms with Gasteiger partial charge < -0.3 is 20.6 Å². The molecule has 0 aromatic carbocycles. The van der Waals surface area contributed by atoms with Crippen LogP contribution in [0.3, 0.4) is 0 Å². The molecule has 3 rings (SSSR count). The Balaban J connectivity index is 0.00000300. The summed E-state index contributed by atoms with van der Waals surface area (Å²) in [6.45, 7) is 7.57. The summed E-state index contributed by atoms with van der Waals surface area (Å²) < 4.78 is 1.69. The number of aliphatic hydroxyl groups is 1. The highest BCUT2D eigenvalue weighted by Gasteiger charge is 2.25. The third-order valence-corrected chi connectivity index (χ3v) is 4.93. The summed E-state index contributed by atoms with van der Waals surface area (Å²) in [4.78, 5) is 11.5. The lowest BCUT2D eigenvalue weighted by Crippen LogP contribution is -2.44. The van der Waals surface area contributed by atoms with Crippen LogP contribution in [0.4, 0.5) is 5.82 Å². The second-order valence-electron chi connectivity index (χ2n) is 7.44. The number of aryl methyl sites for hydroxylation is 1. The van der Waals surface area contributed by atoms with Crippen LogP contribution in [0.25, 0.3) is 0 Å². The van der Waals surface area contributed by atoms with Crippen LogP contribution >= 0.6 is 24.0 Å². The number of hydrogen-bond acceptors (Lipinski definition) is 5. The Morgan fingerprint density at radius 3 is 2.72 bits per heavy atom. The first-order chi connectivity index (χ1) is 13.5. The molecular formula is C20H32IN7O. The summed E-state index contributed by atoms with van der Waals surface area (Å²) in [5.41, 5.74) is 0.847. The van der Waals surface area contributed by atoms with E-state index in [1.165, 1.54) is 12.8 Å². The highest BCUT2D eigenvalue weighted by atomic mass is 127. The molecule has 160 valence electrons. The summed E-state index contributed by atoms with van der Waals surface area (Å²) in [6.07, 6.45) is 7.82. The van der Waals surface area contributed by atoms with Gasteiger partial charge in [0.05, 0.1) is 19.3 Å². The van der Waals surface area contributed by atoms with Crippen LogP contribution in [0.2, 0.25) is 0 Å². The van der Waals surface area contributed by atoms with Gasteiger partial charge in [0.15, 0.2) is 5.96 Å². The van der Waals surface area contributed by atoms with Gasteiger partial charge in [-0.05, 0) is 44.4 Å². The maximum atomic E-state index is 10.7. The van der Waals surface area contributed by atoms with Crippen LogP contribution in [0.1, 0.15) is 37.8 Å². The van der Waals surface area contributed by atoms with Crippen LogP contribution in [0, 0.1) is 0 Å². The maximum absolute atomic E-state index is 10.7. The van der Waals surface area contributed by atoms with Crippen LogP contribution in [0.15, 0.2) is 35.7 Å². The number of guanidine groups is 1. The molecule has 9 heteroatoms. The van der Waals surface area contributed by atoms with Crippen molar-refractivity contribution in [3.63, 3.8) is 0 Å². The minimum atomic E-state index is -1.04. The standard InChI is InChI=1S/C20H31N7O.HI/c1-4-21-19(24-15-20(2,28)17-13-25-26(3)14-17)23-12-16-7-8-22-18(11-16)27-9-5-6-10-27;/h7-8,11,13-14,28H,4-6,9-10,12,15H2,1-3H3,(H2,21,23,24);1H. The second-order valence-corrected chi connectivity index (χ2v) is 7.44. The van der Waals surface area contributed by atoms with Crippen molar-refractivity contribution < 1.29 is 5.11 Å². The van der Waals surface area contributed by atoms with Gasteiger partial charge in [0, 0.05) is 44.6 Å². The zero-order valence-corrected chi connectivity index (χ0v) is 19.8. The Labute approximate surface area is 189 Å². The van der Waals surface area contributed by atoms with Gasteiger partial charge in [-0.3, -0.25) is 4.68 Å². The molecule has 2 aromatic rings. The molecule has 1 saturated heterocycles. The maximum Gasteiger partial charge on any atom is 0.191 e. The number of anilines is 1. The van der Waals surface area contributed by atoms with Crippen molar-refractivity contribution in [2.75, 3.05) is 31.1 Å². The van der Waals surface area contributed by atoms with Crippen molar-refractivity contribution >= 4 is 35.8 Å². The third-order valence-electron chi connectivity index (χ3n) is 4.93. The van der Waals surface area contributed by atoms with E-state index in [1.54, 1.807) is 17.8 Å². The molecule has 0 saturated carbocycles. The fraction of sp³-hybridized carbons (Fsp3) is 0.550. The van der Waals surface area contributed by atoms with E-state index < -0.39 is 5.60 Å². The van der Waals surface area contributed by atoms with Crippen LogP contribution in [0.5, 0.6) is 0 Å². The highest BCUT2D eigenvalue weighted by molar-refractivity contribution is 14.0. The Bertz CT molecular complexity index is 800. The molecule has 8 nitrogen and oxygen atoms in total. The van der Waals surface area contributed by atoms with E-state index >= 15 is 0 Å². The lowest BCUT2D eigenvalue weighted by Gasteiger charge is -2.23. The quantitative estimate of drug-likeness (QED) is 0.298. The minimum absolute atomic E-state index is 0. The third kappa shape index (κ3) is 6.56. The predicted octanol–water partition coefficient (Wildman–Crippen LogP) is 2.00. The van der Waals surface area contributed by atoms with Crippen molar-refractivity contribution in [2.24, 2.45) is 12.0 Å². The molecular weight excluding hydrogens is 481 g/mol. The summed E-state index contributed by atoms with van der Waals surface area (Å²) >= 11 is 0. The van der Waals surface area contributed by atoms with Crippen LogP contribution in [-0.2, 0) is 19.2 Å². The first-order valence-electron chi connectivity index (χ1n) is 9.91. The number of aromatic nitrogens is 3. The normalized spacial score (nSPS) is 16.3. The Hall–Kier alpha value is -1.88. The van der Waals surface area contributed by atoms with E-state index in [0.717, 1.165) is 36.6 Å². The molecule has 1 fully saturated rings. The largest absolute Gasteiger partial charge is 0.383 e. The number of rotatable bonds is 7. The number of aliphatic imine (C=N–C) groups is 1. The van der Waals surface area contributed by atoms with Crippen molar-refractivity contribution in [3.05, 3.63) is 41.9 Å². The van der Waals surface area contributed by atoms with Gasteiger partial charge in [-0.1, -0.05) is 0 Å². The molecule has 0 aliphatic carbocycles. The monoisotopic (exact) mass is 513 g/mol. The van der Waals surface area contributed by atoms with Crippen molar-refractivity contribution in [2.45, 2.75) is 38.8 Å². The summed E-state index contributed by atoms with van der Waals surface area (Å²) in [7, 11) is 1.84. The average molecular weight is 513 g/mol. The average Bonchev–Trinajstić information content (AvgIpc) is 3.36. The number of hydrogen-bond donors (Lipinski definition) is 3. The van der Waals surface area contributed by atoms with E-state index in [1.807, 2.05) is 32.4 Å². The van der Waals surface area contributed by atoms with Gasteiger partial charge in [-0.2, -0.15) is 5.10 Å². The Morgan fingerprint density at radius 2 is 2.07 bits per heavy atom. The van der Waals surface area contributed by atoms with Gasteiger partial charge in [0.2, 0.25) is 0 Å². The number of nitrogens with one attached hydrogen (secondary N) is 2. The Kier molecular flexibility index (Phi) is 8.69. The van der Waals surface area contributed by atoms with Gasteiger partial charge in [-0.25, -0.2) is 9.98 Å². The van der Waals surface area contributed by atoms with Crippen molar-refractivity contribution in [3.8, 4) is 0 Å². The molecule has 3 heterocycles. The fourth-order valence-electron chi connectivity index (χ4n) is 3.25. The number of pyridine rings is 1. The topological polar surface area (TPSA) is 90.6 Å². The molecule has 0 spiro atoms. The highest BCUT2D eigenvalue weighted by Crippen LogP contribution is 2.19. The van der Waals surface area contributed by atoms with Crippen molar-refractivity contribution in [1.29, 1.82) is 0 Å².